The van der Waals surface area contributed by atoms with Crippen LogP contribution in [0.4, 0.5) is 5.82 Å². The van der Waals surface area contributed by atoms with Gasteiger partial charge in [-0.1, -0.05) is 43.7 Å². The van der Waals surface area contributed by atoms with Gasteiger partial charge in [0.05, 0.1) is 17.0 Å². The van der Waals surface area contributed by atoms with Crippen molar-refractivity contribution in [3.63, 3.8) is 0 Å². The van der Waals surface area contributed by atoms with Crippen molar-refractivity contribution in [1.29, 1.82) is 0 Å². The van der Waals surface area contributed by atoms with E-state index in [2.05, 4.69) is 15.5 Å². The lowest BCUT2D eigenvalue weighted by Crippen LogP contribution is -2.58. The maximum absolute atomic E-state index is 13.4. The molecule has 1 aromatic heterocycles. The van der Waals surface area contributed by atoms with E-state index in [1.165, 1.54) is 4.31 Å². The molecule has 2 aliphatic rings. The summed E-state index contributed by atoms with van der Waals surface area (Å²) in [5.41, 5.74) is 1.82. The first-order valence-electron chi connectivity index (χ1n) is 12.3. The van der Waals surface area contributed by atoms with Crippen LogP contribution < -0.4 is 10.6 Å². The van der Waals surface area contributed by atoms with Crippen LogP contribution in [0.5, 0.6) is 0 Å². The Morgan fingerprint density at radius 1 is 1.03 bits per heavy atom. The van der Waals surface area contributed by atoms with E-state index in [0.717, 1.165) is 16.5 Å². The topological polar surface area (TPSA) is 108 Å². The van der Waals surface area contributed by atoms with Gasteiger partial charge in [0, 0.05) is 37.6 Å². The molecule has 2 aromatic carbocycles. The highest BCUT2D eigenvalue weighted by molar-refractivity contribution is 7.89. The second kappa shape index (κ2) is 9.76. The molecular formula is C26H32N6O3S. The van der Waals surface area contributed by atoms with Crippen molar-refractivity contribution < 1.29 is 13.2 Å². The van der Waals surface area contributed by atoms with Crippen molar-refractivity contribution in [2.75, 3.05) is 31.5 Å². The molecule has 190 valence electrons. The minimum absolute atomic E-state index is 0.0174. The molecule has 0 aliphatic carbocycles. The Labute approximate surface area is 212 Å². The predicted octanol–water partition coefficient (Wildman–Crippen LogP) is 2.38. The van der Waals surface area contributed by atoms with Crippen molar-refractivity contribution in [2.24, 2.45) is 5.92 Å². The molecule has 5 rings (SSSR count). The van der Waals surface area contributed by atoms with Crippen molar-refractivity contribution in [3.05, 3.63) is 59.9 Å². The number of piperazine rings is 1. The van der Waals surface area contributed by atoms with Crippen LogP contribution in [0.2, 0.25) is 0 Å². The van der Waals surface area contributed by atoms with Gasteiger partial charge in [-0.05, 0) is 37.1 Å². The van der Waals surface area contributed by atoms with Gasteiger partial charge >= 0.3 is 0 Å². The van der Waals surface area contributed by atoms with Gasteiger partial charge in [-0.2, -0.15) is 4.31 Å². The van der Waals surface area contributed by atoms with Crippen molar-refractivity contribution in [3.8, 4) is 0 Å². The van der Waals surface area contributed by atoms with Crippen LogP contribution in [0.15, 0.2) is 53.4 Å². The van der Waals surface area contributed by atoms with E-state index in [4.69, 9.17) is 9.97 Å². The summed E-state index contributed by atoms with van der Waals surface area (Å²) in [6, 6.07) is 14.0. The van der Waals surface area contributed by atoms with E-state index in [-0.39, 0.29) is 29.3 Å². The number of amides is 1. The summed E-state index contributed by atoms with van der Waals surface area (Å²) in [6.45, 7) is 7.85. The highest BCUT2D eigenvalue weighted by Gasteiger charge is 2.36. The molecular weight excluding hydrogens is 476 g/mol. The number of rotatable bonds is 3. The molecule has 1 saturated heterocycles. The maximum atomic E-state index is 13.4. The second-order valence-corrected chi connectivity index (χ2v) is 11.9. The predicted molar refractivity (Wildman–Crippen MR) is 139 cm³/mol. The van der Waals surface area contributed by atoms with Crippen molar-refractivity contribution >= 4 is 32.7 Å². The Balaban J connectivity index is 1.48. The quantitative estimate of drug-likeness (QED) is 0.559. The summed E-state index contributed by atoms with van der Waals surface area (Å²) >= 11 is 0. The first kappa shape index (κ1) is 24.6. The molecule has 2 bridgehead atoms. The summed E-state index contributed by atoms with van der Waals surface area (Å²) in [5.74, 6) is 1.18. The fraction of sp³-hybridized carbons (Fsp3) is 0.423. The number of nitrogens with zero attached hydrogens (tertiary/aromatic N) is 4. The van der Waals surface area contributed by atoms with E-state index in [9.17, 15) is 13.2 Å². The highest BCUT2D eigenvalue weighted by Crippen LogP contribution is 2.26. The number of nitrogens with one attached hydrogen (secondary N) is 2. The Morgan fingerprint density at radius 3 is 2.53 bits per heavy atom. The summed E-state index contributed by atoms with van der Waals surface area (Å²) in [7, 11) is -3.64. The Hall–Kier alpha value is -3.08. The van der Waals surface area contributed by atoms with E-state index in [0.29, 0.717) is 37.8 Å². The van der Waals surface area contributed by atoms with Gasteiger partial charge in [0.2, 0.25) is 15.9 Å². The number of hydrogen-bond donors (Lipinski definition) is 2. The lowest BCUT2D eigenvalue weighted by Gasteiger charge is -2.40. The number of aryl methyl sites for hydroxylation is 1. The molecule has 1 amide bonds. The molecule has 2 aliphatic heterocycles. The Bertz CT molecular complexity index is 1380. The van der Waals surface area contributed by atoms with E-state index >= 15 is 0 Å². The van der Waals surface area contributed by atoms with Crippen molar-refractivity contribution in [2.45, 2.75) is 44.3 Å². The van der Waals surface area contributed by atoms with Gasteiger partial charge < -0.3 is 10.6 Å². The van der Waals surface area contributed by atoms with Crippen molar-refractivity contribution in [1.82, 2.24) is 24.5 Å². The number of hydrogen-bond acceptors (Lipinski definition) is 7. The summed E-state index contributed by atoms with van der Waals surface area (Å²) in [5, 5.41) is 7.30. The summed E-state index contributed by atoms with van der Waals surface area (Å²) in [4.78, 5) is 25.3. The minimum atomic E-state index is -3.64. The molecule has 9 nitrogen and oxygen atoms in total. The molecule has 2 atom stereocenters. The van der Waals surface area contributed by atoms with Gasteiger partial charge in [-0.25, -0.2) is 18.4 Å². The Morgan fingerprint density at radius 2 is 1.78 bits per heavy atom. The van der Waals surface area contributed by atoms with Crippen LogP contribution in [0.3, 0.4) is 0 Å². The smallest absolute Gasteiger partial charge is 0.243 e. The molecule has 36 heavy (non-hydrogen) atoms. The standard InChI is InChI=1S/C26H32N6O3S/c1-17(2)24-26(33)27-14-19-15-32(36(34,35)20-10-8-18(3)9-11-20)13-12-31(19)16-23-28-22-7-5-4-6-21(22)25(29-23)30-24/h4-11,17,19,24H,12-16H2,1-3H3,(H,27,33)(H,28,29,30)/t19?,24-/m0/s1. The van der Waals surface area contributed by atoms with Gasteiger partial charge in [0.1, 0.15) is 17.7 Å². The van der Waals surface area contributed by atoms with Crippen LogP contribution >= 0.6 is 0 Å². The number of carbonyl (C=O) groups excluding carboxylic acids is 1. The number of aromatic nitrogens is 2. The minimum Gasteiger partial charge on any atom is -0.358 e. The van der Waals surface area contributed by atoms with E-state index in [1.54, 1.807) is 12.1 Å². The number of sulfonamides is 1. The zero-order valence-corrected chi connectivity index (χ0v) is 21.6. The number of anilines is 1. The average molecular weight is 509 g/mol. The monoisotopic (exact) mass is 508 g/mol. The fourth-order valence-electron chi connectivity index (χ4n) is 4.84. The molecule has 3 heterocycles. The highest BCUT2D eigenvalue weighted by atomic mass is 32.2. The molecule has 10 heteroatoms. The first-order chi connectivity index (χ1) is 17.2. The normalized spacial score (nSPS) is 21.9. The molecule has 3 aromatic rings. The third-order valence-electron chi connectivity index (χ3n) is 6.97. The van der Waals surface area contributed by atoms with Crippen LogP contribution in [-0.4, -0.2) is 71.8 Å². The number of fused-ring (bicyclic) bond motifs is 5. The average Bonchev–Trinajstić information content (AvgIpc) is 2.87. The van der Waals surface area contributed by atoms with Gasteiger partial charge in [0.25, 0.3) is 0 Å². The zero-order valence-electron chi connectivity index (χ0n) is 20.8. The molecule has 0 spiro atoms. The largest absolute Gasteiger partial charge is 0.358 e. The lowest BCUT2D eigenvalue weighted by atomic mass is 10.0. The second-order valence-electron chi connectivity index (χ2n) is 9.92. The summed E-state index contributed by atoms with van der Waals surface area (Å²) in [6.07, 6.45) is 0. The van der Waals surface area contributed by atoms with E-state index in [1.807, 2.05) is 57.2 Å². The first-order valence-corrected chi connectivity index (χ1v) is 13.8. The molecule has 0 radical (unpaired) electrons. The third-order valence-corrected chi connectivity index (χ3v) is 8.85. The van der Waals surface area contributed by atoms with Gasteiger partial charge in [-0.3, -0.25) is 9.69 Å². The van der Waals surface area contributed by atoms with Gasteiger partial charge in [-0.15, -0.1) is 0 Å². The molecule has 2 N–H and O–H groups in total. The fourth-order valence-corrected chi connectivity index (χ4v) is 6.31. The molecule has 1 fully saturated rings. The summed E-state index contributed by atoms with van der Waals surface area (Å²) < 4.78 is 28.3. The number of carbonyl (C=O) groups is 1. The number of benzene rings is 2. The molecule has 0 saturated carbocycles. The van der Waals surface area contributed by atoms with Gasteiger partial charge in [0.15, 0.2) is 0 Å². The lowest BCUT2D eigenvalue weighted by molar-refractivity contribution is -0.123. The van der Waals surface area contributed by atoms with Crippen LogP contribution in [0.25, 0.3) is 10.9 Å². The third kappa shape index (κ3) is 4.80. The maximum Gasteiger partial charge on any atom is 0.243 e. The Kier molecular flexibility index (Phi) is 6.67. The SMILES string of the molecule is Cc1ccc(S(=O)(=O)N2CCN3Cc4nc(c5ccccc5n4)N[C@@H](C(C)C)C(=O)NCC3C2)cc1. The number of para-hydroxylation sites is 1. The van der Waals surface area contributed by atoms with Crippen LogP contribution in [0.1, 0.15) is 25.2 Å². The molecule has 1 unspecified atom stereocenters. The van der Waals surface area contributed by atoms with Crippen LogP contribution in [-0.2, 0) is 21.4 Å². The van der Waals surface area contributed by atoms with Crippen LogP contribution in [0, 0.1) is 12.8 Å². The van der Waals surface area contributed by atoms with E-state index < -0.39 is 16.1 Å². The zero-order chi connectivity index (χ0) is 25.4.